The van der Waals surface area contributed by atoms with E-state index in [0.29, 0.717) is 125 Å². The normalized spacial score (nSPS) is 14.6. The summed E-state index contributed by atoms with van der Waals surface area (Å²) in [5, 5.41) is 55.0. The number of aromatic nitrogens is 14. The largest absolute Gasteiger partial charge is 0.462 e. The Labute approximate surface area is 847 Å². The van der Waals surface area contributed by atoms with Crippen molar-refractivity contribution < 1.29 is 62.7 Å². The number of nitrogens with one attached hydrogen (secondary N) is 6. The van der Waals surface area contributed by atoms with Crippen molar-refractivity contribution in [3.05, 3.63) is 172 Å². The van der Waals surface area contributed by atoms with Crippen LogP contribution in [0.3, 0.4) is 0 Å². The molecule has 4 saturated carbocycles. The molecule has 0 radical (unpaired) electrons. The molecule has 0 spiro atoms. The van der Waals surface area contributed by atoms with Crippen molar-refractivity contribution in [2.45, 2.75) is 311 Å². The number of esters is 1. The van der Waals surface area contributed by atoms with Gasteiger partial charge in [-0.2, -0.15) is 0 Å². The van der Waals surface area contributed by atoms with Crippen molar-refractivity contribution in [1.29, 1.82) is 0 Å². The van der Waals surface area contributed by atoms with Crippen LogP contribution >= 0.6 is 0 Å². The molecule has 772 valence electrons. The lowest BCUT2D eigenvalue weighted by molar-refractivity contribution is -0.130. The van der Waals surface area contributed by atoms with Crippen LogP contribution in [-0.4, -0.2) is 137 Å². The fourth-order valence-electron chi connectivity index (χ4n) is 16.9. The number of nitrogens with zero attached hydrogens (tertiary/aromatic N) is 15. The number of fused-ring (bicyclic) bond motifs is 6. The third kappa shape index (κ3) is 26.9. The van der Waals surface area contributed by atoms with Crippen molar-refractivity contribution >= 4 is 149 Å². The van der Waals surface area contributed by atoms with E-state index in [-0.39, 0.29) is 81.5 Å². The molecule has 8 heterocycles. The van der Waals surface area contributed by atoms with Crippen molar-refractivity contribution in [3.63, 3.8) is 0 Å². The molecule has 9 N–H and O–H groups in total. The van der Waals surface area contributed by atoms with Gasteiger partial charge in [0.15, 0.2) is 5.69 Å². The highest BCUT2D eigenvalue weighted by molar-refractivity contribution is 6.00. The molecule has 14 aromatic rings. The van der Waals surface area contributed by atoms with Crippen molar-refractivity contribution in [2.75, 3.05) is 38.5 Å². The summed E-state index contributed by atoms with van der Waals surface area (Å²) in [6, 6.07) is 39.2. The van der Waals surface area contributed by atoms with Gasteiger partial charge in [0.1, 0.15) is 5.60 Å². The third-order valence-corrected chi connectivity index (χ3v) is 26.6. The van der Waals surface area contributed by atoms with Crippen LogP contribution in [0.25, 0.3) is 82.8 Å². The fraction of sp³-hybridized carbons (Fsp3) is 0.495. The predicted molar refractivity (Wildman–Crippen MR) is 568 cm³/mol. The molecule has 6 aromatic carbocycles. The Morgan fingerprint density at radius 2 is 0.793 bits per heavy atom. The van der Waals surface area contributed by atoms with E-state index in [1.807, 2.05) is 189 Å². The Kier molecular flexibility index (Phi) is 33.2. The molecule has 8 aromatic heterocycles. The minimum atomic E-state index is -1.42. The Morgan fingerprint density at radius 1 is 0.434 bits per heavy atom. The average molecular weight is 1980 g/mol. The van der Waals surface area contributed by atoms with Crippen LogP contribution in [0.1, 0.15) is 310 Å². The van der Waals surface area contributed by atoms with Crippen LogP contribution in [0, 0.1) is 73.7 Å². The van der Waals surface area contributed by atoms with Crippen molar-refractivity contribution in [1.82, 2.24) is 67.6 Å². The van der Waals surface area contributed by atoms with Crippen LogP contribution in [0.5, 0.6) is 0 Å². The summed E-state index contributed by atoms with van der Waals surface area (Å²) in [4.78, 5) is 117. The highest BCUT2D eigenvalue weighted by atomic mass is 16.5. The number of hydrogen-bond donors (Lipinski definition) is 9. The molecule has 0 saturated heterocycles. The second-order valence-corrected chi connectivity index (χ2v) is 45.1. The molecule has 0 unspecified atom stereocenters. The molecule has 4 aliphatic carbocycles. The van der Waals surface area contributed by atoms with E-state index in [9.17, 15) is 48.9 Å². The molecule has 145 heavy (non-hydrogen) atoms. The van der Waals surface area contributed by atoms with E-state index in [1.54, 1.807) is 60.2 Å². The standard InChI is InChI=1S/C20H27N3O3.C20H29N3O2.C19H21N5O2.C18H22N4O2.C18H25N3O2.C16H21N3O2/c1-5-26-18(25)13-9-10-15-16(11-13)23(14-7-6-8-14)19(21-15)22-17(24)12-20(2,3)4;1-12(2)13(3)18(24)22-19-21-16-10-9-14(20(4,5)25)11-17(16)23(19)15-7-6-8-15;1-11-9-16(26-23-11)24-15-10-13(20-6)7-8-14(15)21-18(24)22-17(25)12(2)19(3,4)5;1-11-6-7-13-14(8-11)22(16-9-12(2)21-24-16)17(19-13)20-15(23)10-18(3,4)5;1-18(2,3)10-16(23)20-17-19-14-8-7-12(11-22)9-15(14)21(17)13-5-4-6-13;1-10-7-8-12-13(9-10)19(11-5-4-6-11)15(17-12)18-14(20)16(2,3)21/h9-11,14H,5-8,12H2,1-4H3,(H,21,22,24);9-13,15,25H,6-8H2,1-5H3,(H,21,22,24);7-10,12H,1-5H3,(H,21,22,25);6-9H,10H2,1-5H3,(H,19,20,23);7-9,13,22H,4-6,10-11H2,1-3H3,(H,19,20,23);7-9,11,21H,4-6H2,1-3H3,(H,17,18,20)/t;13-;12-;;;/m.01.../s1. The van der Waals surface area contributed by atoms with Gasteiger partial charge < -0.3 is 47.4 Å². The van der Waals surface area contributed by atoms with Gasteiger partial charge in [-0.25, -0.2) is 48.7 Å². The predicted octanol–water partition coefficient (Wildman–Crippen LogP) is 23.4. The highest BCUT2D eigenvalue weighted by Crippen LogP contribution is 2.44. The van der Waals surface area contributed by atoms with Gasteiger partial charge in [-0.05, 0) is 268 Å². The van der Waals surface area contributed by atoms with Gasteiger partial charge in [0.25, 0.3) is 5.91 Å². The van der Waals surface area contributed by atoms with Gasteiger partial charge in [0.2, 0.25) is 77.0 Å². The van der Waals surface area contributed by atoms with Gasteiger partial charge in [0, 0.05) is 67.4 Å². The molecule has 0 bridgehead atoms. The van der Waals surface area contributed by atoms with E-state index in [0.717, 1.165) is 135 Å². The maximum absolute atomic E-state index is 12.7. The smallest absolute Gasteiger partial charge is 0.338 e. The molecule has 34 nitrogen and oxygen atoms in total. The van der Waals surface area contributed by atoms with Crippen LogP contribution in [0.15, 0.2) is 130 Å². The number of hydrogen-bond acceptors (Lipinski definition) is 21. The Balaban J connectivity index is 0.000000146. The molecular weight excluding hydrogens is 1840 g/mol. The van der Waals surface area contributed by atoms with Gasteiger partial charge >= 0.3 is 5.97 Å². The monoisotopic (exact) mass is 1980 g/mol. The molecule has 6 amide bonds. The lowest BCUT2D eigenvalue weighted by Crippen LogP contribution is -2.37. The zero-order chi connectivity index (χ0) is 106. The van der Waals surface area contributed by atoms with E-state index >= 15 is 0 Å². The number of aryl methyl sites for hydroxylation is 4. The molecule has 18 rings (SSSR count). The zero-order valence-electron chi connectivity index (χ0n) is 88.7. The lowest BCUT2D eigenvalue weighted by atomic mass is 9.81. The summed E-state index contributed by atoms with van der Waals surface area (Å²) in [7, 11) is 0. The maximum atomic E-state index is 12.7. The summed E-state index contributed by atoms with van der Waals surface area (Å²) < 4.78 is 27.8. The van der Waals surface area contributed by atoms with E-state index in [2.05, 4.69) is 136 Å². The molecule has 4 aliphatic rings. The minimum absolute atomic E-state index is 0.00392. The SMILES string of the molecule is CC(C)(C)CC(=O)Nc1nc2ccc(CO)cc2n1C1CCC1.CC(C)[C@H](C)C(=O)Nc1nc2ccc(C(C)(C)O)cc2n1C1CCC1.CCOC(=O)c1ccc2nc(NC(=O)CC(C)(C)C)n(C3CCC3)c2c1.Cc1ccc2nc(NC(=O)C(C)(C)O)n(C3CCC3)c2c1.Cc1ccc2nc(NC(=O)CC(C)(C)C)n(-c3cc(C)no3)c2c1.[C-]#[N+]c1ccc2nc(NC(=O)[C@@H](C)C(C)(C)C)n(-c3cc(C)no3)c2c1. The van der Waals surface area contributed by atoms with Crippen LogP contribution < -0.4 is 31.9 Å². The number of ether oxygens (including phenoxy) is 1. The summed E-state index contributed by atoms with van der Waals surface area (Å²) in [5.41, 5.74) is 14.0. The maximum Gasteiger partial charge on any atom is 0.338 e. The first-order valence-electron chi connectivity index (χ1n) is 50.5. The van der Waals surface area contributed by atoms with Gasteiger partial charge in [-0.15, -0.1) is 0 Å². The average Bonchev–Trinajstić information content (AvgIpc) is 1.64. The number of anilines is 6. The van der Waals surface area contributed by atoms with Gasteiger partial charge in [0.05, 0.1) is 109 Å². The molecule has 34 heteroatoms. The molecular formula is C111H145N21O13. The second-order valence-electron chi connectivity index (χ2n) is 45.1. The molecule has 0 aliphatic heterocycles. The quantitative estimate of drug-likeness (QED) is 0.0212. The lowest BCUT2D eigenvalue weighted by Gasteiger charge is -2.29. The first-order chi connectivity index (χ1) is 68.1. The second kappa shape index (κ2) is 44.4. The van der Waals surface area contributed by atoms with Gasteiger partial charge in [-0.3, -0.25) is 60.7 Å². The number of carbonyl (C=O) groups excluding carboxylic acids is 7. The van der Waals surface area contributed by atoms with Gasteiger partial charge in [-0.1, -0.05) is 151 Å². The number of imidazole rings is 6. The van der Waals surface area contributed by atoms with Crippen molar-refractivity contribution in [3.8, 4) is 11.8 Å². The number of amides is 6. The Hall–Kier alpha value is -13.8. The highest BCUT2D eigenvalue weighted by Gasteiger charge is 2.36. The third-order valence-electron chi connectivity index (χ3n) is 26.6. The topological polar surface area (TPSA) is 425 Å². The Bertz CT molecular complexity index is 7110. The number of rotatable bonds is 23. The molecule has 2 atom stereocenters. The van der Waals surface area contributed by atoms with E-state index < -0.39 is 17.1 Å². The fourth-order valence-corrected chi connectivity index (χ4v) is 16.9. The van der Waals surface area contributed by atoms with Crippen LogP contribution in [-0.2, 0) is 45.7 Å². The van der Waals surface area contributed by atoms with Crippen LogP contribution in [0.4, 0.5) is 41.4 Å². The first kappa shape index (κ1) is 108. The zero-order valence-corrected chi connectivity index (χ0v) is 88.7. The minimum Gasteiger partial charge on any atom is -0.462 e. The number of carbonyl (C=O) groups is 7. The van der Waals surface area contributed by atoms with Crippen LogP contribution in [0.2, 0.25) is 0 Å². The summed E-state index contributed by atoms with van der Waals surface area (Å²) in [5.74, 6) is 3.11. The molecule has 4 fully saturated rings. The first-order valence-corrected chi connectivity index (χ1v) is 50.5. The summed E-state index contributed by atoms with van der Waals surface area (Å²) in [6.45, 7) is 55.9. The summed E-state index contributed by atoms with van der Waals surface area (Å²) in [6.07, 6.45) is 14.8. The Morgan fingerprint density at radius 3 is 1.18 bits per heavy atom. The van der Waals surface area contributed by atoms with E-state index in [4.69, 9.17) is 20.4 Å². The number of aliphatic hydroxyl groups excluding tert-OH is 1. The number of benzene rings is 6. The van der Waals surface area contributed by atoms with E-state index in [1.165, 1.54) is 38.7 Å². The summed E-state index contributed by atoms with van der Waals surface area (Å²) >= 11 is 0. The van der Waals surface area contributed by atoms with Crippen molar-refractivity contribution in [2.24, 2.45) is 39.4 Å². The number of aliphatic hydroxyl groups is 3.